The van der Waals surface area contributed by atoms with Crippen molar-refractivity contribution in [3.8, 4) is 0 Å². The highest BCUT2D eigenvalue weighted by Crippen LogP contribution is 2.13. The molecule has 0 amide bonds. The topological polar surface area (TPSA) is 17.1 Å². The lowest BCUT2D eigenvalue weighted by molar-refractivity contribution is 0.101. The number of Topliss-reactive ketones (excluding diaryl/α,β-unsaturated/α-hetero) is 1. The second-order valence-corrected chi connectivity index (χ2v) is 3.13. The van der Waals surface area contributed by atoms with Gasteiger partial charge in [0.25, 0.3) is 0 Å². The summed E-state index contributed by atoms with van der Waals surface area (Å²) in [4.78, 5) is 10.9. The predicted octanol–water partition coefficient (Wildman–Crippen LogP) is 2.85. The van der Waals surface area contributed by atoms with E-state index in [4.69, 9.17) is 0 Å². The smallest absolute Gasteiger partial charge is 0.162 e. The van der Waals surface area contributed by atoms with Gasteiger partial charge in [-0.2, -0.15) is 0 Å². The summed E-state index contributed by atoms with van der Waals surface area (Å²) in [5.74, 6) is 1.39. The number of rotatable bonds is 2. The number of hydrogen-bond donors (Lipinski definition) is 0. The highest BCUT2D eigenvalue weighted by atomic mass is 16.1. The molecule has 0 aliphatic rings. The molecule has 1 aromatic carbocycles. The van der Waals surface area contributed by atoms with Crippen LogP contribution in [0.4, 0.5) is 0 Å². The lowest BCUT2D eigenvalue weighted by atomic mass is 10.0. The molecule has 0 unspecified atom stereocenters. The van der Waals surface area contributed by atoms with Crippen molar-refractivity contribution in [2.45, 2.75) is 20.8 Å². The molecule has 62 valence electrons. The van der Waals surface area contributed by atoms with Crippen molar-refractivity contribution in [3.63, 3.8) is 0 Å². The Labute approximate surface area is 73.4 Å². The van der Waals surface area contributed by atoms with Crippen LogP contribution in [0.15, 0.2) is 24.3 Å². The SMILES string of the molecule is CC(=O)c1ccc([C+](C)C)cc1. The molecular formula is C11H13O+. The molecule has 0 fully saturated rings. The molecule has 1 nitrogen and oxygen atoms in total. The van der Waals surface area contributed by atoms with Gasteiger partial charge in [0.1, 0.15) is 5.56 Å². The first-order chi connectivity index (χ1) is 5.61. The molecule has 1 aromatic rings. The minimum atomic E-state index is 0.121. The minimum absolute atomic E-state index is 0.121. The summed E-state index contributed by atoms with van der Waals surface area (Å²) in [6.45, 7) is 5.70. The number of carbonyl (C=O) groups excluding carboxylic acids is 1. The zero-order chi connectivity index (χ0) is 9.14. The van der Waals surface area contributed by atoms with E-state index in [-0.39, 0.29) is 5.78 Å². The third-order valence-corrected chi connectivity index (χ3v) is 1.87. The molecule has 0 atom stereocenters. The Morgan fingerprint density at radius 2 is 1.67 bits per heavy atom. The van der Waals surface area contributed by atoms with E-state index < -0.39 is 0 Å². The maximum Gasteiger partial charge on any atom is 0.162 e. The average molecular weight is 161 g/mol. The molecule has 0 saturated heterocycles. The van der Waals surface area contributed by atoms with Crippen molar-refractivity contribution in [3.05, 3.63) is 41.3 Å². The summed E-state index contributed by atoms with van der Waals surface area (Å²) in [7, 11) is 0. The Kier molecular flexibility index (Phi) is 2.54. The Morgan fingerprint density at radius 3 is 2.00 bits per heavy atom. The fourth-order valence-corrected chi connectivity index (χ4v) is 1.04. The summed E-state index contributed by atoms with van der Waals surface area (Å²) in [6.07, 6.45) is 0. The summed E-state index contributed by atoms with van der Waals surface area (Å²) in [5.41, 5.74) is 1.97. The largest absolute Gasteiger partial charge is 0.294 e. The second-order valence-electron chi connectivity index (χ2n) is 3.13. The zero-order valence-corrected chi connectivity index (χ0v) is 7.72. The van der Waals surface area contributed by atoms with E-state index in [9.17, 15) is 4.79 Å². The Bertz CT molecular complexity index is 270. The molecule has 0 N–H and O–H groups in total. The van der Waals surface area contributed by atoms with Gasteiger partial charge < -0.3 is 0 Å². The van der Waals surface area contributed by atoms with E-state index in [0.717, 1.165) is 5.56 Å². The van der Waals surface area contributed by atoms with Gasteiger partial charge in [0.15, 0.2) is 5.78 Å². The fourth-order valence-electron chi connectivity index (χ4n) is 1.04. The Morgan fingerprint density at radius 1 is 1.17 bits per heavy atom. The van der Waals surface area contributed by atoms with E-state index in [2.05, 4.69) is 13.8 Å². The van der Waals surface area contributed by atoms with Crippen molar-refractivity contribution in [1.82, 2.24) is 0 Å². The van der Waals surface area contributed by atoms with Crippen molar-refractivity contribution in [1.29, 1.82) is 0 Å². The van der Waals surface area contributed by atoms with Crippen molar-refractivity contribution < 1.29 is 4.79 Å². The molecule has 1 heteroatoms. The molecule has 12 heavy (non-hydrogen) atoms. The number of ketones is 1. The Hall–Kier alpha value is -1.24. The van der Waals surface area contributed by atoms with E-state index in [1.807, 2.05) is 24.3 Å². The van der Waals surface area contributed by atoms with Gasteiger partial charge in [0.05, 0.1) is 0 Å². The molecular weight excluding hydrogens is 148 g/mol. The van der Waals surface area contributed by atoms with Crippen LogP contribution in [0.1, 0.15) is 36.7 Å². The summed E-state index contributed by atoms with van der Waals surface area (Å²) < 4.78 is 0. The van der Waals surface area contributed by atoms with Crippen LogP contribution in [-0.2, 0) is 0 Å². The van der Waals surface area contributed by atoms with Crippen molar-refractivity contribution in [2.24, 2.45) is 0 Å². The van der Waals surface area contributed by atoms with E-state index in [1.54, 1.807) is 6.92 Å². The van der Waals surface area contributed by atoms with Gasteiger partial charge in [-0.3, -0.25) is 4.79 Å². The molecule has 0 bridgehead atoms. The first kappa shape index (κ1) is 8.85. The van der Waals surface area contributed by atoms with Crippen LogP contribution in [-0.4, -0.2) is 5.78 Å². The first-order valence-electron chi connectivity index (χ1n) is 4.03. The average Bonchev–Trinajstić information content (AvgIpc) is 2.04. The van der Waals surface area contributed by atoms with Crippen LogP contribution in [0, 0.1) is 5.92 Å². The maximum atomic E-state index is 10.9. The van der Waals surface area contributed by atoms with E-state index in [1.165, 1.54) is 11.5 Å². The van der Waals surface area contributed by atoms with Gasteiger partial charge >= 0.3 is 0 Å². The maximum absolute atomic E-state index is 10.9. The van der Waals surface area contributed by atoms with Crippen LogP contribution in [0.3, 0.4) is 0 Å². The Balaban J connectivity index is 2.93. The molecule has 1 rings (SSSR count). The molecule has 0 aliphatic carbocycles. The highest BCUT2D eigenvalue weighted by Gasteiger charge is 2.08. The van der Waals surface area contributed by atoms with Crippen LogP contribution in [0.5, 0.6) is 0 Å². The van der Waals surface area contributed by atoms with Gasteiger partial charge in [-0.25, -0.2) is 0 Å². The van der Waals surface area contributed by atoms with E-state index in [0.29, 0.717) is 0 Å². The van der Waals surface area contributed by atoms with Crippen LogP contribution in [0.2, 0.25) is 0 Å². The second kappa shape index (κ2) is 3.44. The monoisotopic (exact) mass is 161 g/mol. The third kappa shape index (κ3) is 1.88. The lowest BCUT2D eigenvalue weighted by Crippen LogP contribution is -1.93. The molecule has 0 spiro atoms. The number of hydrogen-bond acceptors (Lipinski definition) is 1. The number of benzene rings is 1. The molecule has 0 heterocycles. The van der Waals surface area contributed by atoms with Crippen LogP contribution >= 0.6 is 0 Å². The first-order valence-corrected chi connectivity index (χ1v) is 4.03. The van der Waals surface area contributed by atoms with Gasteiger partial charge in [0, 0.05) is 49.6 Å². The summed E-state index contributed by atoms with van der Waals surface area (Å²) in [5, 5.41) is 0. The van der Waals surface area contributed by atoms with Crippen LogP contribution < -0.4 is 0 Å². The van der Waals surface area contributed by atoms with Gasteiger partial charge in [0.2, 0.25) is 0 Å². The van der Waals surface area contributed by atoms with Crippen molar-refractivity contribution in [2.75, 3.05) is 0 Å². The van der Waals surface area contributed by atoms with Crippen molar-refractivity contribution >= 4 is 5.78 Å². The normalized spacial score (nSPS) is 9.58. The minimum Gasteiger partial charge on any atom is -0.294 e. The standard InChI is InChI=1S/C11H13O/c1-8(2)10-4-6-11(7-5-10)9(3)12/h4-7H,1-3H3/q+1. The lowest BCUT2D eigenvalue weighted by Gasteiger charge is -1.96. The van der Waals surface area contributed by atoms with Crippen LogP contribution in [0.25, 0.3) is 0 Å². The highest BCUT2D eigenvalue weighted by molar-refractivity contribution is 5.94. The molecule has 0 aromatic heterocycles. The van der Waals surface area contributed by atoms with E-state index >= 15 is 0 Å². The molecule has 0 aliphatic heterocycles. The predicted molar refractivity (Wildman–Crippen MR) is 50.1 cm³/mol. The number of carbonyl (C=O) groups is 1. The third-order valence-electron chi connectivity index (χ3n) is 1.87. The molecule has 0 radical (unpaired) electrons. The molecule has 0 saturated carbocycles. The fraction of sp³-hybridized carbons (Fsp3) is 0.273. The van der Waals surface area contributed by atoms with Gasteiger partial charge in [-0.15, -0.1) is 0 Å². The quantitative estimate of drug-likeness (QED) is 0.481. The zero-order valence-electron chi connectivity index (χ0n) is 7.72. The van der Waals surface area contributed by atoms with Gasteiger partial charge in [-0.1, -0.05) is 0 Å². The summed E-state index contributed by atoms with van der Waals surface area (Å²) >= 11 is 0. The summed E-state index contributed by atoms with van der Waals surface area (Å²) in [6, 6.07) is 7.69. The van der Waals surface area contributed by atoms with Gasteiger partial charge in [-0.05, 0) is 6.92 Å².